The Morgan fingerprint density at radius 3 is 1.89 bits per heavy atom. The molecule has 0 saturated heterocycles. The number of fused-ring (bicyclic) bond motifs is 3. The third kappa shape index (κ3) is 1.65. The van der Waals surface area contributed by atoms with Crippen LogP contribution in [0.5, 0.6) is 0 Å². The van der Waals surface area contributed by atoms with Gasteiger partial charge in [-0.05, 0) is 43.0 Å². The van der Waals surface area contributed by atoms with Gasteiger partial charge in [-0.1, -0.05) is 12.1 Å². The molecule has 3 nitrogen and oxygen atoms in total. The Balaban J connectivity index is 2.10. The van der Waals surface area contributed by atoms with Crippen LogP contribution < -0.4 is 11.5 Å². The summed E-state index contributed by atoms with van der Waals surface area (Å²) in [5, 5.41) is 2.54. The molecule has 2 aromatic carbocycles. The van der Waals surface area contributed by atoms with E-state index in [0.717, 1.165) is 23.8 Å². The summed E-state index contributed by atoms with van der Waals surface area (Å²) in [4.78, 5) is 0. The zero-order valence-electron chi connectivity index (χ0n) is 10.8. The average molecular weight is 251 g/mol. The standard InChI is InChI=1S/C16H17N3/c17-11-3-5-13-14-6-4-12(18)8-16(14)19(15(13)7-11)9-10-1-2-10/h3-8,10H,1-2,9,17-18H2. The quantitative estimate of drug-likeness (QED) is 0.686. The molecule has 0 bridgehead atoms. The molecule has 1 heterocycles. The highest BCUT2D eigenvalue weighted by Gasteiger charge is 2.23. The van der Waals surface area contributed by atoms with Crippen LogP contribution >= 0.6 is 0 Å². The maximum absolute atomic E-state index is 5.95. The zero-order valence-corrected chi connectivity index (χ0v) is 10.8. The van der Waals surface area contributed by atoms with Crippen molar-refractivity contribution in [3.05, 3.63) is 36.4 Å². The van der Waals surface area contributed by atoms with Crippen LogP contribution in [-0.4, -0.2) is 4.57 Å². The fourth-order valence-corrected chi connectivity index (χ4v) is 2.88. The predicted octanol–water partition coefficient (Wildman–Crippen LogP) is 3.37. The second-order valence-electron chi connectivity index (χ2n) is 5.61. The number of hydrogen-bond donors (Lipinski definition) is 2. The van der Waals surface area contributed by atoms with Gasteiger partial charge in [-0.2, -0.15) is 0 Å². The lowest BCUT2D eigenvalue weighted by atomic mass is 10.1. The van der Waals surface area contributed by atoms with Crippen molar-refractivity contribution >= 4 is 33.2 Å². The van der Waals surface area contributed by atoms with Crippen molar-refractivity contribution in [1.29, 1.82) is 0 Å². The Bertz CT molecular complexity index is 722. The molecular weight excluding hydrogens is 234 g/mol. The first-order valence-corrected chi connectivity index (χ1v) is 6.79. The van der Waals surface area contributed by atoms with E-state index in [1.165, 1.54) is 34.6 Å². The van der Waals surface area contributed by atoms with Gasteiger partial charge >= 0.3 is 0 Å². The summed E-state index contributed by atoms with van der Waals surface area (Å²) in [7, 11) is 0. The molecule has 0 radical (unpaired) electrons. The molecule has 4 N–H and O–H groups in total. The van der Waals surface area contributed by atoms with Gasteiger partial charge in [0, 0.05) is 28.7 Å². The maximum Gasteiger partial charge on any atom is 0.0512 e. The third-order valence-corrected chi connectivity index (χ3v) is 4.05. The first-order chi connectivity index (χ1) is 9.22. The highest BCUT2D eigenvalue weighted by molar-refractivity contribution is 6.09. The summed E-state index contributed by atoms with van der Waals surface area (Å²) >= 11 is 0. The molecule has 0 amide bonds. The molecule has 1 saturated carbocycles. The molecule has 96 valence electrons. The number of nitrogen functional groups attached to an aromatic ring is 2. The van der Waals surface area contributed by atoms with E-state index in [1.54, 1.807) is 0 Å². The smallest absolute Gasteiger partial charge is 0.0512 e. The van der Waals surface area contributed by atoms with E-state index in [-0.39, 0.29) is 0 Å². The van der Waals surface area contributed by atoms with Gasteiger partial charge in [0.2, 0.25) is 0 Å². The van der Waals surface area contributed by atoms with Crippen molar-refractivity contribution in [2.75, 3.05) is 11.5 Å². The molecule has 0 aliphatic heterocycles. The van der Waals surface area contributed by atoms with Gasteiger partial charge in [-0.25, -0.2) is 0 Å². The Hall–Kier alpha value is -2.16. The van der Waals surface area contributed by atoms with Crippen LogP contribution in [0, 0.1) is 5.92 Å². The minimum atomic E-state index is 0.820. The van der Waals surface area contributed by atoms with E-state index in [2.05, 4.69) is 28.8 Å². The van der Waals surface area contributed by atoms with Gasteiger partial charge in [0.05, 0.1) is 11.0 Å². The normalized spacial score (nSPS) is 15.4. The fraction of sp³-hybridized carbons (Fsp3) is 0.250. The summed E-state index contributed by atoms with van der Waals surface area (Å²) in [6, 6.07) is 12.3. The lowest BCUT2D eigenvalue weighted by Gasteiger charge is -2.06. The van der Waals surface area contributed by atoms with E-state index in [9.17, 15) is 0 Å². The number of rotatable bonds is 2. The zero-order chi connectivity index (χ0) is 13.0. The molecule has 0 unspecified atom stereocenters. The number of nitrogens with zero attached hydrogens (tertiary/aromatic N) is 1. The first-order valence-electron chi connectivity index (χ1n) is 6.79. The van der Waals surface area contributed by atoms with Crippen LogP contribution in [0.2, 0.25) is 0 Å². The second-order valence-corrected chi connectivity index (χ2v) is 5.61. The van der Waals surface area contributed by atoms with Gasteiger partial charge in [-0.3, -0.25) is 0 Å². The second kappa shape index (κ2) is 3.67. The lowest BCUT2D eigenvalue weighted by molar-refractivity contribution is 0.664. The van der Waals surface area contributed by atoms with Crippen LogP contribution in [0.1, 0.15) is 12.8 Å². The molecule has 19 heavy (non-hydrogen) atoms. The summed E-state index contributed by atoms with van der Waals surface area (Å²) in [6.07, 6.45) is 2.68. The summed E-state index contributed by atoms with van der Waals surface area (Å²) in [5.41, 5.74) is 16.0. The Kier molecular flexibility index (Phi) is 2.07. The van der Waals surface area contributed by atoms with Crippen molar-refractivity contribution in [3.8, 4) is 0 Å². The minimum absolute atomic E-state index is 0.820. The SMILES string of the molecule is Nc1ccc2c3ccc(N)cc3n(CC3CC3)c2c1. The predicted molar refractivity (Wildman–Crippen MR) is 81.0 cm³/mol. The highest BCUT2D eigenvalue weighted by Crippen LogP contribution is 2.36. The number of anilines is 2. The monoisotopic (exact) mass is 251 g/mol. The minimum Gasteiger partial charge on any atom is -0.399 e. The fourth-order valence-electron chi connectivity index (χ4n) is 2.88. The molecule has 1 fully saturated rings. The van der Waals surface area contributed by atoms with Gasteiger partial charge in [-0.15, -0.1) is 0 Å². The molecule has 3 heteroatoms. The van der Waals surface area contributed by atoms with Crippen LogP contribution in [-0.2, 0) is 6.54 Å². The van der Waals surface area contributed by atoms with Gasteiger partial charge in [0.15, 0.2) is 0 Å². The number of aromatic nitrogens is 1. The topological polar surface area (TPSA) is 57.0 Å². The average Bonchev–Trinajstić information content (AvgIpc) is 3.15. The third-order valence-electron chi connectivity index (χ3n) is 4.05. The van der Waals surface area contributed by atoms with Crippen molar-refractivity contribution < 1.29 is 0 Å². The molecule has 1 aromatic heterocycles. The lowest BCUT2D eigenvalue weighted by Crippen LogP contribution is -2.00. The highest BCUT2D eigenvalue weighted by atomic mass is 15.0. The number of nitrogens with two attached hydrogens (primary N) is 2. The van der Waals surface area contributed by atoms with E-state index < -0.39 is 0 Å². The Morgan fingerprint density at radius 2 is 1.42 bits per heavy atom. The number of hydrogen-bond acceptors (Lipinski definition) is 2. The number of benzene rings is 2. The molecule has 1 aliphatic rings. The van der Waals surface area contributed by atoms with E-state index in [1.807, 2.05) is 12.1 Å². The van der Waals surface area contributed by atoms with Crippen LogP contribution in [0.3, 0.4) is 0 Å². The van der Waals surface area contributed by atoms with E-state index >= 15 is 0 Å². The van der Waals surface area contributed by atoms with Crippen LogP contribution in [0.4, 0.5) is 11.4 Å². The molecule has 0 spiro atoms. The molecule has 3 aromatic rings. The summed E-state index contributed by atoms with van der Waals surface area (Å²) in [6.45, 7) is 1.08. The van der Waals surface area contributed by atoms with Crippen molar-refractivity contribution in [2.24, 2.45) is 5.92 Å². The first kappa shape index (κ1) is 10.7. The maximum atomic E-state index is 5.95. The summed E-state index contributed by atoms with van der Waals surface area (Å²) < 4.78 is 2.38. The van der Waals surface area contributed by atoms with Crippen molar-refractivity contribution in [2.45, 2.75) is 19.4 Å². The van der Waals surface area contributed by atoms with Crippen molar-refractivity contribution in [1.82, 2.24) is 4.57 Å². The largest absolute Gasteiger partial charge is 0.399 e. The molecule has 4 rings (SSSR count). The van der Waals surface area contributed by atoms with E-state index in [4.69, 9.17) is 11.5 Å². The molecule has 0 atom stereocenters. The van der Waals surface area contributed by atoms with Crippen molar-refractivity contribution in [3.63, 3.8) is 0 Å². The molecular formula is C16H17N3. The van der Waals surface area contributed by atoms with Crippen LogP contribution in [0.15, 0.2) is 36.4 Å². The van der Waals surface area contributed by atoms with Crippen LogP contribution in [0.25, 0.3) is 21.8 Å². The van der Waals surface area contributed by atoms with Gasteiger partial charge in [0.25, 0.3) is 0 Å². The van der Waals surface area contributed by atoms with Gasteiger partial charge in [0.1, 0.15) is 0 Å². The van der Waals surface area contributed by atoms with E-state index in [0.29, 0.717) is 0 Å². The Labute approximate surface area is 111 Å². The summed E-state index contributed by atoms with van der Waals surface area (Å²) in [5.74, 6) is 0.821. The molecule has 1 aliphatic carbocycles. The van der Waals surface area contributed by atoms with Gasteiger partial charge < -0.3 is 16.0 Å². The Morgan fingerprint density at radius 1 is 0.895 bits per heavy atom.